The van der Waals surface area contributed by atoms with Gasteiger partial charge >= 0.3 is 12.5 Å². The molecule has 186 valence electrons. The highest BCUT2D eigenvalue weighted by atomic mass is 35.5. The molecule has 2 heterocycles. The topological polar surface area (TPSA) is 68.2 Å². The molecule has 4 rings (SSSR count). The second-order valence-electron chi connectivity index (χ2n) is 7.55. The fraction of sp³-hybridized carbons (Fsp3) is 0.238. The van der Waals surface area contributed by atoms with Gasteiger partial charge in [-0.05, 0) is 42.0 Å². The summed E-state index contributed by atoms with van der Waals surface area (Å²) >= 11 is 11.9. The first-order valence-corrected chi connectivity index (χ1v) is 10.6. The smallest absolute Gasteiger partial charge is 0.406 e. The number of amides is 1. The number of nitrogens with one attached hydrogen (secondary N) is 2. The molecule has 1 aliphatic heterocycles. The third kappa shape index (κ3) is 5.76. The maximum absolute atomic E-state index is 13.8. The molecule has 2 N–H and O–H groups in total. The van der Waals surface area contributed by atoms with Gasteiger partial charge in [-0.2, -0.15) is 18.3 Å². The number of anilines is 2. The van der Waals surface area contributed by atoms with Crippen molar-refractivity contribution in [3.63, 3.8) is 0 Å². The summed E-state index contributed by atoms with van der Waals surface area (Å²) in [7, 11) is 0. The summed E-state index contributed by atoms with van der Waals surface area (Å²) in [6.45, 7) is 0. The van der Waals surface area contributed by atoms with E-state index in [0.29, 0.717) is 10.2 Å². The Bertz CT molecular complexity index is 1240. The molecule has 0 saturated carbocycles. The summed E-state index contributed by atoms with van der Waals surface area (Å²) in [4.78, 5) is 12.6. The van der Waals surface area contributed by atoms with Crippen molar-refractivity contribution in [3.05, 3.63) is 69.8 Å². The highest BCUT2D eigenvalue weighted by molar-refractivity contribution is 6.42. The highest BCUT2D eigenvalue weighted by Gasteiger charge is 2.47. The molecule has 2 atom stereocenters. The zero-order valence-electron chi connectivity index (χ0n) is 17.2. The molecule has 0 unspecified atom stereocenters. The molecule has 0 bridgehead atoms. The Morgan fingerprint density at radius 1 is 1.03 bits per heavy atom. The maximum atomic E-state index is 13.8. The van der Waals surface area contributed by atoms with E-state index in [1.54, 1.807) is 6.07 Å². The number of benzene rings is 2. The van der Waals surface area contributed by atoms with Gasteiger partial charge in [0.25, 0.3) is 5.91 Å². The van der Waals surface area contributed by atoms with Gasteiger partial charge in [-0.1, -0.05) is 29.3 Å². The quantitative estimate of drug-likeness (QED) is 0.351. The van der Waals surface area contributed by atoms with Crippen LogP contribution in [0.4, 0.5) is 37.8 Å². The van der Waals surface area contributed by atoms with Crippen LogP contribution in [0.25, 0.3) is 0 Å². The van der Waals surface area contributed by atoms with E-state index in [1.165, 1.54) is 12.1 Å². The standard InChI is InChI=1S/C21H14Cl2F6N4O2/c22-13-6-1-10(7-14(13)23)15-8-17(20(24,25)26)33-18(31-15)9-16(32-33)19(34)30-11-2-4-12(5-3-11)35-21(27,28)29/h1-7,9,15,17,31H,8H2,(H,30,34)/t15-,17+/m0/s1. The van der Waals surface area contributed by atoms with Crippen LogP contribution >= 0.6 is 23.2 Å². The number of hydrogen-bond donors (Lipinski definition) is 2. The van der Waals surface area contributed by atoms with Gasteiger partial charge in [-0.3, -0.25) is 4.79 Å². The summed E-state index contributed by atoms with van der Waals surface area (Å²) in [5.41, 5.74) is 0.227. The van der Waals surface area contributed by atoms with Crippen LogP contribution in [0.2, 0.25) is 10.0 Å². The first-order chi connectivity index (χ1) is 16.3. The predicted octanol–water partition coefficient (Wildman–Crippen LogP) is 7.00. The third-order valence-corrected chi connectivity index (χ3v) is 5.85. The van der Waals surface area contributed by atoms with Crippen molar-refractivity contribution in [3.8, 4) is 5.75 Å². The second-order valence-corrected chi connectivity index (χ2v) is 8.36. The maximum Gasteiger partial charge on any atom is 0.573 e. The van der Waals surface area contributed by atoms with Crippen molar-refractivity contribution < 1.29 is 35.9 Å². The summed E-state index contributed by atoms with van der Waals surface area (Å²) in [6, 6.07) is 7.05. The molecule has 0 aliphatic carbocycles. The molecule has 6 nitrogen and oxygen atoms in total. The van der Waals surface area contributed by atoms with Gasteiger partial charge in [0.15, 0.2) is 11.7 Å². The fourth-order valence-corrected chi connectivity index (χ4v) is 3.87. The monoisotopic (exact) mass is 538 g/mol. The molecule has 0 fully saturated rings. The van der Waals surface area contributed by atoms with E-state index < -0.39 is 42.7 Å². The largest absolute Gasteiger partial charge is 0.573 e. The van der Waals surface area contributed by atoms with E-state index in [-0.39, 0.29) is 27.2 Å². The van der Waals surface area contributed by atoms with Crippen LogP contribution < -0.4 is 15.4 Å². The zero-order chi connectivity index (χ0) is 25.5. The SMILES string of the molecule is O=C(Nc1ccc(OC(F)(F)F)cc1)c1cc2n(n1)[C@@H](C(F)(F)F)C[C@@H](c1ccc(Cl)c(Cl)c1)N2. The van der Waals surface area contributed by atoms with Crippen LogP contribution in [0, 0.1) is 0 Å². The average Bonchev–Trinajstić information content (AvgIpc) is 3.19. The summed E-state index contributed by atoms with van der Waals surface area (Å²) in [5, 5.41) is 9.55. The van der Waals surface area contributed by atoms with Crippen molar-refractivity contribution in [1.82, 2.24) is 9.78 Å². The van der Waals surface area contributed by atoms with E-state index in [4.69, 9.17) is 23.2 Å². The Morgan fingerprint density at radius 3 is 2.31 bits per heavy atom. The molecule has 3 aromatic rings. The number of ether oxygens (including phenoxy) is 1. The van der Waals surface area contributed by atoms with Gasteiger partial charge in [-0.25, -0.2) is 4.68 Å². The number of aromatic nitrogens is 2. The van der Waals surface area contributed by atoms with Gasteiger partial charge in [0.2, 0.25) is 0 Å². The Balaban J connectivity index is 1.56. The predicted molar refractivity (Wildman–Crippen MR) is 116 cm³/mol. The minimum absolute atomic E-state index is 0.0475. The molecule has 0 saturated heterocycles. The van der Waals surface area contributed by atoms with Gasteiger partial charge in [0, 0.05) is 18.2 Å². The van der Waals surface area contributed by atoms with Crippen LogP contribution in [-0.4, -0.2) is 28.2 Å². The number of hydrogen-bond acceptors (Lipinski definition) is 4. The van der Waals surface area contributed by atoms with E-state index in [1.807, 2.05) is 0 Å². The molecular formula is C21H14Cl2F6N4O2. The first-order valence-electron chi connectivity index (χ1n) is 9.85. The summed E-state index contributed by atoms with van der Waals surface area (Å²) in [5.74, 6) is -1.41. The third-order valence-electron chi connectivity index (χ3n) is 5.11. The van der Waals surface area contributed by atoms with Gasteiger partial charge < -0.3 is 15.4 Å². The van der Waals surface area contributed by atoms with Crippen LogP contribution in [0.3, 0.4) is 0 Å². The van der Waals surface area contributed by atoms with Crippen molar-refractivity contribution in [2.45, 2.75) is 31.0 Å². The molecule has 1 amide bonds. The van der Waals surface area contributed by atoms with Gasteiger partial charge in [0.05, 0.1) is 16.1 Å². The number of halogens is 8. The molecule has 2 aromatic carbocycles. The van der Waals surface area contributed by atoms with Crippen molar-refractivity contribution in [2.24, 2.45) is 0 Å². The Hall–Kier alpha value is -3.12. The Labute approximate surface area is 203 Å². The minimum atomic E-state index is -4.88. The van der Waals surface area contributed by atoms with Crippen LogP contribution in [0.1, 0.15) is 34.6 Å². The molecule has 0 radical (unpaired) electrons. The van der Waals surface area contributed by atoms with Gasteiger partial charge in [-0.15, -0.1) is 13.2 Å². The van der Waals surface area contributed by atoms with E-state index in [0.717, 1.165) is 30.3 Å². The number of alkyl halides is 6. The molecule has 1 aliphatic rings. The molecule has 14 heteroatoms. The number of fused-ring (bicyclic) bond motifs is 1. The van der Waals surface area contributed by atoms with Gasteiger partial charge in [0.1, 0.15) is 11.6 Å². The lowest BCUT2D eigenvalue weighted by molar-refractivity contribution is -0.274. The number of carbonyl (C=O) groups is 1. The molecular weight excluding hydrogens is 525 g/mol. The Morgan fingerprint density at radius 2 is 1.71 bits per heavy atom. The first kappa shape index (κ1) is 25.0. The molecule has 35 heavy (non-hydrogen) atoms. The number of nitrogens with zero attached hydrogens (tertiary/aromatic N) is 2. The van der Waals surface area contributed by atoms with E-state index in [2.05, 4.69) is 20.5 Å². The van der Waals surface area contributed by atoms with Crippen molar-refractivity contribution in [2.75, 3.05) is 10.6 Å². The second kappa shape index (κ2) is 9.15. The highest BCUT2D eigenvalue weighted by Crippen LogP contribution is 2.44. The Kier molecular flexibility index (Phi) is 6.54. The lowest BCUT2D eigenvalue weighted by atomic mass is 9.97. The summed E-state index contributed by atoms with van der Waals surface area (Å²) in [6.07, 6.45) is -9.96. The van der Waals surface area contributed by atoms with Crippen molar-refractivity contribution in [1.29, 1.82) is 0 Å². The molecule has 1 aromatic heterocycles. The minimum Gasteiger partial charge on any atom is -0.406 e. The van der Waals surface area contributed by atoms with E-state index in [9.17, 15) is 31.1 Å². The number of rotatable bonds is 4. The van der Waals surface area contributed by atoms with Crippen LogP contribution in [0.15, 0.2) is 48.5 Å². The lowest BCUT2D eigenvalue weighted by Gasteiger charge is -2.33. The molecule has 0 spiro atoms. The number of carbonyl (C=O) groups excluding carboxylic acids is 1. The van der Waals surface area contributed by atoms with Crippen LogP contribution in [0.5, 0.6) is 5.75 Å². The normalized spacial score (nSPS) is 17.9. The van der Waals surface area contributed by atoms with E-state index >= 15 is 0 Å². The summed E-state index contributed by atoms with van der Waals surface area (Å²) < 4.78 is 82.8. The van der Waals surface area contributed by atoms with Crippen LogP contribution in [-0.2, 0) is 0 Å². The average molecular weight is 539 g/mol. The van der Waals surface area contributed by atoms with Crippen molar-refractivity contribution >= 4 is 40.6 Å². The lowest BCUT2D eigenvalue weighted by Crippen LogP contribution is -2.35. The zero-order valence-corrected chi connectivity index (χ0v) is 18.7. The fourth-order valence-electron chi connectivity index (χ4n) is 3.57.